The van der Waals surface area contributed by atoms with Gasteiger partial charge in [-0.1, -0.05) is 30.3 Å². The van der Waals surface area contributed by atoms with Gasteiger partial charge in [0.1, 0.15) is 17.5 Å². The lowest BCUT2D eigenvalue weighted by molar-refractivity contribution is 0.433. The Labute approximate surface area is 188 Å². The van der Waals surface area contributed by atoms with E-state index in [2.05, 4.69) is 9.88 Å². The fourth-order valence-corrected chi connectivity index (χ4v) is 5.62. The number of nitrogens with zero attached hydrogens (tertiary/aromatic N) is 4. The molecule has 0 radical (unpaired) electrons. The van der Waals surface area contributed by atoms with Crippen molar-refractivity contribution >= 4 is 15.8 Å². The van der Waals surface area contributed by atoms with E-state index >= 15 is 0 Å². The molecular weight excluding hydrogens is 427 g/mol. The summed E-state index contributed by atoms with van der Waals surface area (Å²) in [4.78, 5) is 11.7. The Morgan fingerprint density at radius 3 is 2.47 bits per heavy atom. The minimum Gasteiger partial charge on any atom is -0.355 e. The Hall–Kier alpha value is -2.84. The summed E-state index contributed by atoms with van der Waals surface area (Å²) in [6, 6.07) is 15.1. The van der Waals surface area contributed by atoms with Crippen LogP contribution in [0.25, 0.3) is 0 Å². The molecule has 0 aliphatic carbocycles. The number of aromatic nitrogens is 2. The smallest absolute Gasteiger partial charge is 0.243 e. The van der Waals surface area contributed by atoms with E-state index in [0.717, 1.165) is 22.6 Å². The van der Waals surface area contributed by atoms with Crippen LogP contribution >= 0.6 is 0 Å². The Balaban J connectivity index is 1.60. The monoisotopic (exact) mass is 454 g/mol. The largest absolute Gasteiger partial charge is 0.355 e. The number of hydrogen-bond acceptors (Lipinski definition) is 5. The van der Waals surface area contributed by atoms with Crippen LogP contribution in [0.4, 0.5) is 10.2 Å². The van der Waals surface area contributed by atoms with Crippen molar-refractivity contribution in [3.63, 3.8) is 0 Å². The number of rotatable bonds is 5. The van der Waals surface area contributed by atoms with Crippen LogP contribution in [0.3, 0.4) is 0 Å². The summed E-state index contributed by atoms with van der Waals surface area (Å²) in [5.41, 5.74) is 2.65. The van der Waals surface area contributed by atoms with Gasteiger partial charge in [0.25, 0.3) is 0 Å². The molecule has 168 valence electrons. The highest BCUT2D eigenvalue weighted by molar-refractivity contribution is 7.89. The van der Waals surface area contributed by atoms with Crippen LogP contribution in [-0.4, -0.2) is 48.9 Å². The van der Waals surface area contributed by atoms with Crippen molar-refractivity contribution in [1.82, 2.24) is 14.3 Å². The second kappa shape index (κ2) is 9.34. The van der Waals surface area contributed by atoms with Gasteiger partial charge in [-0.25, -0.2) is 22.8 Å². The molecule has 0 bridgehead atoms. The summed E-state index contributed by atoms with van der Waals surface area (Å²) in [5, 5.41) is 0. The molecule has 0 amide bonds. The second-order valence-corrected chi connectivity index (χ2v) is 9.96. The maximum atomic E-state index is 13.7. The first-order valence-electron chi connectivity index (χ1n) is 10.7. The van der Waals surface area contributed by atoms with Crippen LogP contribution in [0, 0.1) is 19.7 Å². The molecule has 0 N–H and O–H groups in total. The van der Waals surface area contributed by atoms with Gasteiger partial charge in [-0.2, -0.15) is 4.31 Å². The van der Waals surface area contributed by atoms with Crippen LogP contribution in [0.2, 0.25) is 0 Å². The third kappa shape index (κ3) is 4.81. The molecule has 1 saturated heterocycles. The molecule has 3 aromatic rings. The minimum absolute atomic E-state index is 0.272. The summed E-state index contributed by atoms with van der Waals surface area (Å²) in [6.07, 6.45) is 1.20. The van der Waals surface area contributed by atoms with Gasteiger partial charge in [0.2, 0.25) is 10.0 Å². The highest BCUT2D eigenvalue weighted by Crippen LogP contribution is 2.26. The Kier molecular flexibility index (Phi) is 6.53. The fraction of sp³-hybridized carbons (Fsp3) is 0.333. The van der Waals surface area contributed by atoms with E-state index in [1.54, 1.807) is 34.6 Å². The zero-order chi connectivity index (χ0) is 22.7. The summed E-state index contributed by atoms with van der Waals surface area (Å²) in [5.74, 6) is 1.20. The summed E-state index contributed by atoms with van der Waals surface area (Å²) in [7, 11) is -3.54. The molecule has 32 heavy (non-hydrogen) atoms. The normalized spacial score (nSPS) is 15.5. The second-order valence-electron chi connectivity index (χ2n) is 8.02. The maximum Gasteiger partial charge on any atom is 0.243 e. The van der Waals surface area contributed by atoms with Gasteiger partial charge < -0.3 is 4.90 Å². The molecular formula is C24H27FN4O2S. The summed E-state index contributed by atoms with van der Waals surface area (Å²) in [6.45, 7) is 5.84. The van der Waals surface area contributed by atoms with E-state index in [-0.39, 0.29) is 5.82 Å². The maximum absolute atomic E-state index is 13.7. The third-order valence-electron chi connectivity index (χ3n) is 5.71. The molecule has 1 aromatic heterocycles. The van der Waals surface area contributed by atoms with Gasteiger partial charge in [-0.05, 0) is 50.1 Å². The lowest BCUT2D eigenvalue weighted by atomic mass is 10.0. The van der Waals surface area contributed by atoms with E-state index in [0.29, 0.717) is 49.7 Å². The average Bonchev–Trinajstić information content (AvgIpc) is 3.03. The number of anilines is 1. The van der Waals surface area contributed by atoms with Crippen LogP contribution in [-0.2, 0) is 16.4 Å². The van der Waals surface area contributed by atoms with Gasteiger partial charge in [0.15, 0.2) is 0 Å². The third-order valence-corrected chi connectivity index (χ3v) is 7.62. The molecule has 1 aliphatic rings. The van der Waals surface area contributed by atoms with Crippen molar-refractivity contribution in [2.75, 3.05) is 31.1 Å². The van der Waals surface area contributed by atoms with E-state index in [1.807, 2.05) is 26.0 Å². The average molecular weight is 455 g/mol. The number of benzene rings is 2. The van der Waals surface area contributed by atoms with E-state index < -0.39 is 10.0 Å². The van der Waals surface area contributed by atoms with Crippen molar-refractivity contribution in [2.24, 2.45) is 0 Å². The van der Waals surface area contributed by atoms with Gasteiger partial charge in [-0.15, -0.1) is 0 Å². The lowest BCUT2D eigenvalue weighted by Gasteiger charge is -2.26. The SMILES string of the molecule is Cc1nc(C)c(Cc2cccc(F)c2)c(N2CCCN(S(=O)(=O)c3ccccc3)CC2)n1. The zero-order valence-corrected chi connectivity index (χ0v) is 19.1. The molecule has 1 aliphatic heterocycles. The van der Waals surface area contributed by atoms with E-state index in [1.165, 1.54) is 12.1 Å². The molecule has 8 heteroatoms. The van der Waals surface area contributed by atoms with Crippen molar-refractivity contribution in [3.05, 3.63) is 83.1 Å². The number of aryl methyl sites for hydroxylation is 2. The minimum atomic E-state index is -3.54. The molecule has 2 aromatic carbocycles. The van der Waals surface area contributed by atoms with Gasteiger partial charge in [0, 0.05) is 43.9 Å². The van der Waals surface area contributed by atoms with Crippen molar-refractivity contribution in [1.29, 1.82) is 0 Å². The predicted octanol–water partition coefficient (Wildman–Crippen LogP) is 3.72. The number of hydrogen-bond donors (Lipinski definition) is 0. The highest BCUT2D eigenvalue weighted by atomic mass is 32.2. The molecule has 4 rings (SSSR count). The van der Waals surface area contributed by atoms with Crippen LogP contribution in [0.5, 0.6) is 0 Å². The van der Waals surface area contributed by atoms with Crippen molar-refractivity contribution < 1.29 is 12.8 Å². The standard InChI is InChI=1S/C24H27FN4O2S/c1-18-23(17-20-8-6-9-21(25)16-20)24(27-19(2)26-18)28-12-7-13-29(15-14-28)32(30,31)22-10-4-3-5-11-22/h3-6,8-11,16H,7,12-15,17H2,1-2H3. The zero-order valence-electron chi connectivity index (χ0n) is 18.3. The van der Waals surface area contributed by atoms with Crippen molar-refractivity contribution in [3.8, 4) is 0 Å². The summed E-state index contributed by atoms with van der Waals surface area (Å²) >= 11 is 0. The Morgan fingerprint density at radius 2 is 1.72 bits per heavy atom. The fourth-order valence-electron chi connectivity index (χ4n) is 4.12. The lowest BCUT2D eigenvalue weighted by Crippen LogP contribution is -2.35. The van der Waals surface area contributed by atoms with Crippen LogP contribution in [0.1, 0.15) is 29.1 Å². The molecule has 1 fully saturated rings. The van der Waals surface area contributed by atoms with Gasteiger partial charge >= 0.3 is 0 Å². The quantitative estimate of drug-likeness (QED) is 0.588. The molecule has 0 atom stereocenters. The molecule has 2 heterocycles. The van der Waals surface area contributed by atoms with Gasteiger partial charge in [-0.3, -0.25) is 0 Å². The highest BCUT2D eigenvalue weighted by Gasteiger charge is 2.28. The molecule has 0 saturated carbocycles. The Bertz CT molecular complexity index is 1200. The van der Waals surface area contributed by atoms with Gasteiger partial charge in [0.05, 0.1) is 4.90 Å². The first-order chi connectivity index (χ1) is 15.3. The van der Waals surface area contributed by atoms with Crippen LogP contribution in [0.15, 0.2) is 59.5 Å². The van der Waals surface area contributed by atoms with Crippen molar-refractivity contribution in [2.45, 2.75) is 31.6 Å². The summed E-state index contributed by atoms with van der Waals surface area (Å²) < 4.78 is 41.4. The topological polar surface area (TPSA) is 66.4 Å². The first-order valence-corrected chi connectivity index (χ1v) is 12.2. The van der Waals surface area contributed by atoms with Crippen LogP contribution < -0.4 is 4.90 Å². The molecule has 6 nitrogen and oxygen atoms in total. The Morgan fingerprint density at radius 1 is 0.938 bits per heavy atom. The molecule has 0 spiro atoms. The van der Waals surface area contributed by atoms with E-state index in [9.17, 15) is 12.8 Å². The predicted molar refractivity (Wildman–Crippen MR) is 123 cm³/mol. The molecule has 0 unspecified atom stereocenters. The first kappa shape index (κ1) is 22.4. The number of halogens is 1. The van der Waals surface area contributed by atoms with E-state index in [4.69, 9.17) is 4.98 Å². The number of sulfonamides is 1.